The molecule has 1 aromatic carbocycles. The zero-order valence-electron chi connectivity index (χ0n) is 9.70. The first-order valence-electron chi connectivity index (χ1n) is 5.60. The number of carbonyl (C=O) groups is 2. The van der Waals surface area contributed by atoms with Crippen molar-refractivity contribution in [2.75, 3.05) is 5.32 Å². The minimum Gasteiger partial charge on any atom is -0.381 e. The van der Waals surface area contributed by atoms with E-state index in [1.165, 1.54) is 0 Å². The third-order valence-corrected chi connectivity index (χ3v) is 4.41. The molecule has 19 heavy (non-hydrogen) atoms. The highest BCUT2D eigenvalue weighted by molar-refractivity contribution is 9.11. The Labute approximate surface area is 122 Å². The lowest BCUT2D eigenvalue weighted by atomic mass is 10.1. The third kappa shape index (κ3) is 2.41. The number of fused-ring (bicyclic) bond motifs is 1. The normalized spacial score (nSPS) is 13.3. The summed E-state index contributed by atoms with van der Waals surface area (Å²) in [5.41, 5.74) is 2.86. The summed E-state index contributed by atoms with van der Waals surface area (Å²) in [7, 11) is 0. The Balaban J connectivity index is 1.78. The van der Waals surface area contributed by atoms with Gasteiger partial charge >= 0.3 is 0 Å². The number of imide groups is 1. The fourth-order valence-electron chi connectivity index (χ4n) is 1.92. The molecule has 2 N–H and O–H groups in total. The Morgan fingerprint density at radius 1 is 1.16 bits per heavy atom. The molecule has 0 unspecified atom stereocenters. The fraction of sp³-hybridized carbons (Fsp3) is 0.0769. The first kappa shape index (κ1) is 12.4. The molecule has 6 heteroatoms. The van der Waals surface area contributed by atoms with Crippen molar-refractivity contribution in [2.24, 2.45) is 0 Å². The Bertz CT molecular complexity index is 681. The van der Waals surface area contributed by atoms with Crippen molar-refractivity contribution in [2.45, 2.75) is 6.54 Å². The van der Waals surface area contributed by atoms with E-state index in [0.29, 0.717) is 17.7 Å². The average molecular weight is 337 g/mol. The van der Waals surface area contributed by atoms with Gasteiger partial charge in [0.25, 0.3) is 11.8 Å². The molecule has 0 bridgehead atoms. The second-order valence-electron chi connectivity index (χ2n) is 4.16. The predicted octanol–water partition coefficient (Wildman–Crippen LogP) is 3.01. The van der Waals surface area contributed by atoms with E-state index in [0.717, 1.165) is 15.0 Å². The second-order valence-corrected chi connectivity index (χ2v) is 6.45. The van der Waals surface area contributed by atoms with Crippen LogP contribution in [0.5, 0.6) is 0 Å². The zero-order valence-corrected chi connectivity index (χ0v) is 12.1. The van der Waals surface area contributed by atoms with Crippen LogP contribution in [0.4, 0.5) is 5.69 Å². The molecule has 4 nitrogen and oxygen atoms in total. The summed E-state index contributed by atoms with van der Waals surface area (Å²) in [6.07, 6.45) is 0. The fourth-order valence-corrected chi connectivity index (χ4v) is 3.13. The molecule has 0 radical (unpaired) electrons. The number of thiophene rings is 1. The van der Waals surface area contributed by atoms with Crippen molar-refractivity contribution in [3.8, 4) is 0 Å². The molecule has 0 aliphatic carbocycles. The highest BCUT2D eigenvalue weighted by atomic mass is 79.9. The van der Waals surface area contributed by atoms with Crippen molar-refractivity contribution < 1.29 is 9.59 Å². The van der Waals surface area contributed by atoms with E-state index in [1.807, 2.05) is 6.07 Å². The van der Waals surface area contributed by atoms with Gasteiger partial charge in [0.05, 0.1) is 14.9 Å². The van der Waals surface area contributed by atoms with Crippen molar-refractivity contribution in [1.82, 2.24) is 5.32 Å². The molecule has 0 atom stereocenters. The van der Waals surface area contributed by atoms with Gasteiger partial charge in [-0.25, -0.2) is 0 Å². The Hall–Kier alpha value is -1.66. The van der Waals surface area contributed by atoms with E-state index in [1.54, 1.807) is 29.5 Å². The summed E-state index contributed by atoms with van der Waals surface area (Å²) in [6.45, 7) is 0.677. The molecule has 0 spiro atoms. The third-order valence-electron chi connectivity index (χ3n) is 2.85. The second kappa shape index (κ2) is 4.79. The Morgan fingerprint density at radius 2 is 1.95 bits per heavy atom. The lowest BCUT2D eigenvalue weighted by Gasteiger charge is -2.05. The molecule has 0 saturated heterocycles. The lowest BCUT2D eigenvalue weighted by Crippen LogP contribution is -2.19. The maximum absolute atomic E-state index is 11.5. The van der Waals surface area contributed by atoms with Crippen LogP contribution < -0.4 is 10.6 Å². The number of hydrogen-bond acceptors (Lipinski definition) is 4. The maximum atomic E-state index is 11.5. The number of halogens is 1. The van der Waals surface area contributed by atoms with Gasteiger partial charge in [0, 0.05) is 12.2 Å². The van der Waals surface area contributed by atoms with Gasteiger partial charge in [0.1, 0.15) is 0 Å². The lowest BCUT2D eigenvalue weighted by molar-refractivity contribution is 0.0879. The van der Waals surface area contributed by atoms with Crippen LogP contribution in [0, 0.1) is 0 Å². The molecular formula is C13H9BrN2O2S. The summed E-state index contributed by atoms with van der Waals surface area (Å²) < 4.78 is 1.09. The summed E-state index contributed by atoms with van der Waals surface area (Å²) in [6, 6.07) is 7.22. The highest BCUT2D eigenvalue weighted by Gasteiger charge is 2.26. The minimum absolute atomic E-state index is 0.326. The first-order chi connectivity index (χ1) is 9.13. The van der Waals surface area contributed by atoms with Gasteiger partial charge in [-0.1, -0.05) is 0 Å². The van der Waals surface area contributed by atoms with Crippen molar-refractivity contribution >= 4 is 44.8 Å². The number of rotatable bonds is 3. The summed E-state index contributed by atoms with van der Waals surface area (Å²) in [5, 5.41) is 7.57. The molecule has 2 aromatic rings. The number of anilines is 1. The van der Waals surface area contributed by atoms with Gasteiger partial charge < -0.3 is 5.32 Å². The topological polar surface area (TPSA) is 58.2 Å². The molecule has 2 heterocycles. The van der Waals surface area contributed by atoms with Gasteiger partial charge in [-0.15, -0.1) is 11.3 Å². The monoisotopic (exact) mass is 336 g/mol. The van der Waals surface area contributed by atoms with Crippen molar-refractivity contribution in [1.29, 1.82) is 0 Å². The van der Waals surface area contributed by atoms with Gasteiger partial charge in [-0.2, -0.15) is 0 Å². The van der Waals surface area contributed by atoms with Crippen LogP contribution in [0.3, 0.4) is 0 Å². The summed E-state index contributed by atoms with van der Waals surface area (Å²) in [4.78, 5) is 23.0. The van der Waals surface area contributed by atoms with E-state index in [4.69, 9.17) is 0 Å². The molecule has 2 amide bonds. The van der Waals surface area contributed by atoms with Crippen LogP contribution in [0.1, 0.15) is 26.3 Å². The molecule has 1 aliphatic rings. The van der Waals surface area contributed by atoms with Crippen LogP contribution in [0.2, 0.25) is 0 Å². The predicted molar refractivity (Wildman–Crippen MR) is 77.6 cm³/mol. The summed E-state index contributed by atoms with van der Waals surface area (Å²) >= 11 is 5.04. The van der Waals surface area contributed by atoms with Crippen LogP contribution in [-0.4, -0.2) is 11.8 Å². The van der Waals surface area contributed by atoms with Gasteiger partial charge in [0.15, 0.2) is 0 Å². The number of benzene rings is 1. The van der Waals surface area contributed by atoms with Crippen molar-refractivity contribution in [3.63, 3.8) is 0 Å². The van der Waals surface area contributed by atoms with Crippen molar-refractivity contribution in [3.05, 3.63) is 50.1 Å². The molecule has 3 rings (SSSR count). The average Bonchev–Trinajstić information content (AvgIpc) is 2.92. The quantitative estimate of drug-likeness (QED) is 0.847. The van der Waals surface area contributed by atoms with E-state index < -0.39 is 0 Å². The Kier molecular flexibility index (Phi) is 3.12. The van der Waals surface area contributed by atoms with E-state index in [-0.39, 0.29) is 11.8 Å². The first-order valence-corrected chi connectivity index (χ1v) is 7.27. The molecule has 0 fully saturated rings. The number of nitrogens with one attached hydrogen (secondary N) is 2. The largest absolute Gasteiger partial charge is 0.381 e. The van der Waals surface area contributed by atoms with E-state index >= 15 is 0 Å². The van der Waals surface area contributed by atoms with Crippen LogP contribution >= 0.6 is 27.3 Å². The summed E-state index contributed by atoms with van der Waals surface area (Å²) in [5.74, 6) is -0.657. The van der Waals surface area contributed by atoms with Gasteiger partial charge in [-0.05, 0) is 51.1 Å². The van der Waals surface area contributed by atoms with Gasteiger partial charge in [0.2, 0.25) is 0 Å². The molecule has 0 saturated carbocycles. The van der Waals surface area contributed by atoms with Crippen LogP contribution in [0.15, 0.2) is 33.4 Å². The molecular weight excluding hydrogens is 328 g/mol. The number of amides is 2. The molecule has 1 aromatic heterocycles. The maximum Gasteiger partial charge on any atom is 0.259 e. The van der Waals surface area contributed by atoms with E-state index in [9.17, 15) is 9.59 Å². The van der Waals surface area contributed by atoms with Crippen LogP contribution in [0.25, 0.3) is 0 Å². The molecule has 1 aliphatic heterocycles. The van der Waals surface area contributed by atoms with Gasteiger partial charge in [-0.3, -0.25) is 14.9 Å². The molecule has 96 valence electrons. The Morgan fingerprint density at radius 3 is 2.68 bits per heavy atom. The highest BCUT2D eigenvalue weighted by Crippen LogP contribution is 2.23. The minimum atomic E-state index is -0.332. The zero-order chi connectivity index (χ0) is 13.4. The number of hydrogen-bond donors (Lipinski definition) is 2. The number of carbonyl (C=O) groups excluding carboxylic acids is 2. The smallest absolute Gasteiger partial charge is 0.259 e. The van der Waals surface area contributed by atoms with Crippen LogP contribution in [-0.2, 0) is 6.54 Å². The van der Waals surface area contributed by atoms with E-state index in [2.05, 4.69) is 31.9 Å². The SMILES string of the molecule is O=C1NC(=O)c2cc(NCc3csc(Br)c3)ccc21. The standard InChI is InChI=1S/C13H9BrN2O2S/c14-11-3-7(6-19-11)5-15-8-1-2-9-10(4-8)13(18)16-12(9)17/h1-4,6,15H,5H2,(H,16,17,18).